The van der Waals surface area contributed by atoms with Gasteiger partial charge in [-0.05, 0) is 39.3 Å². The van der Waals surface area contributed by atoms with E-state index >= 15 is 0 Å². The molecule has 5 heteroatoms. The lowest BCUT2D eigenvalue weighted by molar-refractivity contribution is -0.148. The fraction of sp³-hybridized carbons (Fsp3) is 1.00. The summed E-state index contributed by atoms with van der Waals surface area (Å²) in [7, 11) is 1.53. The standard InChI is InChI=1S/C11H21F3N2/c1-8(6-15-10-4-5-10)9(2)16(3)7-11(12,13)14/h8-10,15H,4-7H2,1-3H3. The minimum absolute atomic E-state index is 0.0622. The fourth-order valence-corrected chi connectivity index (χ4v) is 1.67. The molecule has 0 amide bonds. The lowest BCUT2D eigenvalue weighted by atomic mass is 10.0. The van der Waals surface area contributed by atoms with Gasteiger partial charge >= 0.3 is 6.18 Å². The molecule has 2 atom stereocenters. The van der Waals surface area contributed by atoms with Gasteiger partial charge in [-0.3, -0.25) is 4.90 Å². The number of hydrogen-bond donors (Lipinski definition) is 1. The second kappa shape index (κ2) is 5.36. The number of hydrogen-bond acceptors (Lipinski definition) is 2. The third-order valence-electron chi connectivity index (χ3n) is 3.25. The van der Waals surface area contributed by atoms with Gasteiger partial charge in [0.1, 0.15) is 0 Å². The van der Waals surface area contributed by atoms with Gasteiger partial charge in [-0.2, -0.15) is 13.2 Å². The Hall–Kier alpha value is -0.290. The van der Waals surface area contributed by atoms with Gasteiger partial charge in [-0.25, -0.2) is 0 Å². The Balaban J connectivity index is 2.26. The number of halogens is 3. The Morgan fingerprint density at radius 2 is 1.88 bits per heavy atom. The average molecular weight is 238 g/mol. The minimum atomic E-state index is -4.10. The fourth-order valence-electron chi connectivity index (χ4n) is 1.67. The van der Waals surface area contributed by atoms with Gasteiger partial charge in [0, 0.05) is 12.1 Å². The molecule has 1 rings (SSSR count). The minimum Gasteiger partial charge on any atom is -0.314 e. The van der Waals surface area contributed by atoms with Crippen LogP contribution in [0.5, 0.6) is 0 Å². The van der Waals surface area contributed by atoms with E-state index in [0.29, 0.717) is 6.04 Å². The molecule has 96 valence electrons. The summed E-state index contributed by atoms with van der Waals surface area (Å²) in [6.45, 7) is 3.81. The smallest absolute Gasteiger partial charge is 0.314 e. The number of rotatable bonds is 6. The van der Waals surface area contributed by atoms with Gasteiger partial charge in [-0.15, -0.1) is 0 Å². The van der Waals surface area contributed by atoms with Crippen LogP contribution in [0.3, 0.4) is 0 Å². The normalized spacial score (nSPS) is 21.2. The van der Waals surface area contributed by atoms with Crippen molar-refractivity contribution in [3.8, 4) is 0 Å². The summed E-state index contributed by atoms with van der Waals surface area (Å²) in [6, 6.07) is 0.551. The molecule has 0 radical (unpaired) electrons. The highest BCUT2D eigenvalue weighted by molar-refractivity contribution is 4.83. The molecule has 1 saturated carbocycles. The predicted molar refractivity (Wildman–Crippen MR) is 58.3 cm³/mol. The molecule has 0 aliphatic heterocycles. The van der Waals surface area contributed by atoms with Crippen LogP contribution in [-0.4, -0.2) is 43.3 Å². The van der Waals surface area contributed by atoms with Crippen molar-refractivity contribution in [2.45, 2.75) is 44.9 Å². The molecule has 16 heavy (non-hydrogen) atoms. The van der Waals surface area contributed by atoms with E-state index in [1.165, 1.54) is 24.8 Å². The maximum atomic E-state index is 12.2. The third kappa shape index (κ3) is 5.16. The number of nitrogens with one attached hydrogen (secondary N) is 1. The summed E-state index contributed by atoms with van der Waals surface area (Å²) in [4.78, 5) is 1.37. The second-order valence-electron chi connectivity index (χ2n) is 4.93. The van der Waals surface area contributed by atoms with E-state index in [2.05, 4.69) is 5.32 Å². The van der Waals surface area contributed by atoms with Crippen LogP contribution in [0, 0.1) is 5.92 Å². The second-order valence-corrected chi connectivity index (χ2v) is 4.93. The molecule has 2 unspecified atom stereocenters. The van der Waals surface area contributed by atoms with Crippen molar-refractivity contribution >= 4 is 0 Å². The molecule has 0 heterocycles. The first-order chi connectivity index (χ1) is 7.29. The first-order valence-corrected chi connectivity index (χ1v) is 5.80. The molecule has 2 nitrogen and oxygen atoms in total. The van der Waals surface area contributed by atoms with Crippen molar-refractivity contribution in [3.05, 3.63) is 0 Å². The van der Waals surface area contributed by atoms with E-state index in [4.69, 9.17) is 0 Å². The molecule has 0 saturated heterocycles. The SMILES string of the molecule is CC(CNC1CC1)C(C)N(C)CC(F)(F)F. The van der Waals surface area contributed by atoms with Crippen LogP contribution >= 0.6 is 0 Å². The maximum absolute atomic E-state index is 12.2. The predicted octanol–water partition coefficient (Wildman–Crippen LogP) is 2.26. The summed E-state index contributed by atoms with van der Waals surface area (Å²) < 4.78 is 36.6. The molecule has 0 aromatic rings. The van der Waals surface area contributed by atoms with Crippen molar-refractivity contribution < 1.29 is 13.2 Å². The molecule has 1 aliphatic rings. The Bertz CT molecular complexity index is 214. The van der Waals surface area contributed by atoms with Crippen molar-refractivity contribution in [1.82, 2.24) is 10.2 Å². The number of alkyl halides is 3. The molecule has 1 fully saturated rings. The van der Waals surface area contributed by atoms with Gasteiger partial charge in [0.2, 0.25) is 0 Å². The first-order valence-electron chi connectivity index (χ1n) is 5.80. The van der Waals surface area contributed by atoms with Crippen LogP contribution in [0.1, 0.15) is 26.7 Å². The topological polar surface area (TPSA) is 15.3 Å². The van der Waals surface area contributed by atoms with Gasteiger partial charge in [0.05, 0.1) is 6.54 Å². The molecule has 0 spiro atoms. The summed E-state index contributed by atoms with van der Waals surface area (Å²) in [6.07, 6.45) is -1.69. The number of nitrogens with zero attached hydrogens (tertiary/aromatic N) is 1. The Labute approximate surface area is 95.2 Å². The van der Waals surface area contributed by atoms with Crippen molar-refractivity contribution in [1.29, 1.82) is 0 Å². The van der Waals surface area contributed by atoms with Crippen molar-refractivity contribution in [2.75, 3.05) is 20.1 Å². The summed E-state index contributed by atoms with van der Waals surface area (Å²) in [5, 5.41) is 3.35. The Morgan fingerprint density at radius 1 is 1.31 bits per heavy atom. The molecule has 0 aromatic heterocycles. The van der Waals surface area contributed by atoms with Crippen LogP contribution in [-0.2, 0) is 0 Å². The van der Waals surface area contributed by atoms with Gasteiger partial charge in [0.15, 0.2) is 0 Å². The molecule has 0 aromatic carbocycles. The highest BCUT2D eigenvalue weighted by atomic mass is 19.4. The first kappa shape index (κ1) is 13.8. The van der Waals surface area contributed by atoms with E-state index in [0.717, 1.165) is 6.54 Å². The van der Waals surface area contributed by atoms with E-state index in [9.17, 15) is 13.2 Å². The lowest BCUT2D eigenvalue weighted by Gasteiger charge is -2.30. The zero-order valence-corrected chi connectivity index (χ0v) is 10.1. The lowest BCUT2D eigenvalue weighted by Crippen LogP contribution is -2.43. The third-order valence-corrected chi connectivity index (χ3v) is 3.25. The quantitative estimate of drug-likeness (QED) is 0.763. The van der Waals surface area contributed by atoms with E-state index in [-0.39, 0.29) is 12.0 Å². The van der Waals surface area contributed by atoms with Gasteiger partial charge in [0.25, 0.3) is 0 Å². The monoisotopic (exact) mass is 238 g/mol. The van der Waals surface area contributed by atoms with Gasteiger partial charge < -0.3 is 5.32 Å². The molecule has 0 bridgehead atoms. The molecular weight excluding hydrogens is 217 g/mol. The highest BCUT2D eigenvalue weighted by Crippen LogP contribution is 2.21. The Morgan fingerprint density at radius 3 is 2.31 bits per heavy atom. The zero-order chi connectivity index (χ0) is 12.3. The van der Waals surface area contributed by atoms with E-state index in [1.54, 1.807) is 0 Å². The average Bonchev–Trinajstić information content (AvgIpc) is 2.93. The Kier molecular flexibility index (Phi) is 4.62. The van der Waals surface area contributed by atoms with Crippen LogP contribution < -0.4 is 5.32 Å². The van der Waals surface area contributed by atoms with Crippen molar-refractivity contribution in [3.63, 3.8) is 0 Å². The largest absolute Gasteiger partial charge is 0.401 e. The summed E-state index contributed by atoms with van der Waals surface area (Å²) >= 11 is 0. The van der Waals surface area contributed by atoms with Crippen LogP contribution in [0.15, 0.2) is 0 Å². The molecular formula is C11H21F3N2. The maximum Gasteiger partial charge on any atom is 0.401 e. The molecule has 1 aliphatic carbocycles. The van der Waals surface area contributed by atoms with Gasteiger partial charge in [-0.1, -0.05) is 6.92 Å². The van der Waals surface area contributed by atoms with Crippen molar-refractivity contribution in [2.24, 2.45) is 5.92 Å². The summed E-state index contributed by atoms with van der Waals surface area (Å²) in [5.74, 6) is 0.230. The zero-order valence-electron chi connectivity index (χ0n) is 10.1. The van der Waals surface area contributed by atoms with E-state index in [1.807, 2.05) is 13.8 Å². The highest BCUT2D eigenvalue weighted by Gasteiger charge is 2.32. The van der Waals surface area contributed by atoms with Crippen LogP contribution in [0.2, 0.25) is 0 Å². The summed E-state index contributed by atoms with van der Waals surface area (Å²) in [5.41, 5.74) is 0. The molecule has 1 N–H and O–H groups in total. The van der Waals surface area contributed by atoms with E-state index < -0.39 is 12.7 Å². The van der Waals surface area contributed by atoms with Crippen LogP contribution in [0.4, 0.5) is 13.2 Å². The van der Waals surface area contributed by atoms with Crippen LogP contribution in [0.25, 0.3) is 0 Å².